The van der Waals surface area contributed by atoms with E-state index in [1.807, 2.05) is 30.3 Å². The summed E-state index contributed by atoms with van der Waals surface area (Å²) in [4.78, 5) is 0. The smallest absolute Gasteiger partial charge is 0.130 e. The molecule has 1 unspecified atom stereocenters. The number of hydrogen-bond donors (Lipinski definition) is 2. The van der Waals surface area contributed by atoms with Gasteiger partial charge in [-0.25, -0.2) is 0 Å². The number of rotatable bonds is 7. The van der Waals surface area contributed by atoms with Gasteiger partial charge in [0.25, 0.3) is 0 Å². The number of halogens is 1. The molecule has 0 spiro atoms. The van der Waals surface area contributed by atoms with Crippen molar-refractivity contribution in [2.45, 2.75) is 46.0 Å². The van der Waals surface area contributed by atoms with Crippen LogP contribution in [0.25, 0.3) is 0 Å². The Morgan fingerprint density at radius 1 is 1.26 bits per heavy atom. The highest BCUT2D eigenvalue weighted by molar-refractivity contribution is 6.31. The SMILES string of the molecule is CC(C)Cc1cc(Oc2cccc3c2CC(CO)(CCN)CC3)ccc1Cl. The molecule has 1 atom stereocenters. The van der Waals surface area contributed by atoms with Crippen molar-refractivity contribution >= 4 is 11.6 Å². The number of aliphatic hydroxyl groups excluding tert-OH is 1. The molecule has 3 N–H and O–H groups in total. The molecule has 0 amide bonds. The molecule has 0 fully saturated rings. The Kier molecular flexibility index (Phi) is 6.46. The minimum absolute atomic E-state index is 0.135. The molecule has 0 aliphatic heterocycles. The van der Waals surface area contributed by atoms with Gasteiger partial charge in [-0.3, -0.25) is 0 Å². The summed E-state index contributed by atoms with van der Waals surface area (Å²) < 4.78 is 6.30. The molecule has 3 nitrogen and oxygen atoms in total. The van der Waals surface area contributed by atoms with E-state index >= 15 is 0 Å². The lowest BCUT2D eigenvalue weighted by atomic mass is 9.70. The standard InChI is InChI=1S/C23H30ClNO2/c1-16(2)12-18-13-19(6-7-21(18)24)27-22-5-3-4-17-8-9-23(15-26,10-11-25)14-20(17)22/h3-7,13,16,26H,8-12,14-15,25H2,1-2H3. The van der Waals surface area contributed by atoms with Crippen molar-refractivity contribution in [2.75, 3.05) is 13.2 Å². The van der Waals surface area contributed by atoms with Crippen LogP contribution in [0.5, 0.6) is 11.5 Å². The van der Waals surface area contributed by atoms with Crippen LogP contribution in [-0.4, -0.2) is 18.3 Å². The number of ether oxygens (including phenoxy) is 1. The maximum atomic E-state index is 10.0. The van der Waals surface area contributed by atoms with E-state index in [0.717, 1.165) is 54.2 Å². The summed E-state index contributed by atoms with van der Waals surface area (Å²) in [6.07, 6.45) is 4.48. The van der Waals surface area contributed by atoms with Crippen molar-refractivity contribution in [2.24, 2.45) is 17.1 Å². The van der Waals surface area contributed by atoms with Crippen molar-refractivity contribution in [1.29, 1.82) is 0 Å². The first-order chi connectivity index (χ1) is 13.0. The fraction of sp³-hybridized carbons (Fsp3) is 0.478. The Hall–Kier alpha value is -1.55. The van der Waals surface area contributed by atoms with Crippen LogP contribution in [0.2, 0.25) is 5.02 Å². The third-order valence-corrected chi connectivity index (χ3v) is 5.96. The van der Waals surface area contributed by atoms with Crippen LogP contribution in [0, 0.1) is 11.3 Å². The summed E-state index contributed by atoms with van der Waals surface area (Å²) in [6.45, 7) is 5.12. The van der Waals surface area contributed by atoms with Crippen molar-refractivity contribution in [3.63, 3.8) is 0 Å². The minimum Gasteiger partial charge on any atom is -0.457 e. The van der Waals surface area contributed by atoms with E-state index in [-0.39, 0.29) is 12.0 Å². The molecule has 4 heteroatoms. The van der Waals surface area contributed by atoms with Gasteiger partial charge < -0.3 is 15.6 Å². The molecular weight excluding hydrogens is 358 g/mol. The molecule has 0 saturated carbocycles. The summed E-state index contributed by atoms with van der Waals surface area (Å²) in [5.41, 5.74) is 9.31. The number of fused-ring (bicyclic) bond motifs is 1. The monoisotopic (exact) mass is 387 g/mol. The van der Waals surface area contributed by atoms with E-state index in [4.69, 9.17) is 22.1 Å². The van der Waals surface area contributed by atoms with E-state index in [1.54, 1.807) is 0 Å². The highest BCUT2D eigenvalue weighted by Gasteiger charge is 2.34. The average molecular weight is 388 g/mol. The van der Waals surface area contributed by atoms with Gasteiger partial charge in [0.2, 0.25) is 0 Å². The summed E-state index contributed by atoms with van der Waals surface area (Å²) in [7, 11) is 0. The van der Waals surface area contributed by atoms with Gasteiger partial charge in [-0.15, -0.1) is 0 Å². The van der Waals surface area contributed by atoms with Gasteiger partial charge in [-0.05, 0) is 90.9 Å². The number of aryl methyl sites for hydroxylation is 1. The predicted molar refractivity (Wildman–Crippen MR) is 112 cm³/mol. The molecule has 1 aliphatic rings. The fourth-order valence-electron chi connectivity index (χ4n) is 4.08. The van der Waals surface area contributed by atoms with E-state index < -0.39 is 0 Å². The van der Waals surface area contributed by atoms with Crippen molar-refractivity contribution in [3.8, 4) is 11.5 Å². The van der Waals surface area contributed by atoms with E-state index in [1.165, 1.54) is 11.1 Å². The topological polar surface area (TPSA) is 55.5 Å². The zero-order valence-electron chi connectivity index (χ0n) is 16.3. The number of hydrogen-bond acceptors (Lipinski definition) is 3. The van der Waals surface area contributed by atoms with Gasteiger partial charge in [0, 0.05) is 11.6 Å². The molecule has 0 radical (unpaired) electrons. The lowest BCUT2D eigenvalue weighted by Crippen LogP contribution is -2.35. The third kappa shape index (κ3) is 4.66. The Morgan fingerprint density at radius 2 is 2.07 bits per heavy atom. The van der Waals surface area contributed by atoms with Gasteiger partial charge >= 0.3 is 0 Å². The third-order valence-electron chi connectivity index (χ3n) is 5.59. The molecule has 0 aromatic heterocycles. The second kappa shape index (κ2) is 8.64. The summed E-state index contributed by atoms with van der Waals surface area (Å²) in [5.74, 6) is 2.21. The predicted octanol–water partition coefficient (Wildman–Crippen LogP) is 5.15. The normalized spacial score (nSPS) is 19.2. The van der Waals surface area contributed by atoms with Gasteiger partial charge in [0.15, 0.2) is 0 Å². The fourth-order valence-corrected chi connectivity index (χ4v) is 4.27. The molecule has 0 saturated heterocycles. The minimum atomic E-state index is -0.135. The lowest BCUT2D eigenvalue weighted by Gasteiger charge is -2.37. The van der Waals surface area contributed by atoms with Gasteiger partial charge in [0.1, 0.15) is 11.5 Å². The Morgan fingerprint density at radius 3 is 2.78 bits per heavy atom. The quantitative estimate of drug-likeness (QED) is 0.690. The molecule has 27 heavy (non-hydrogen) atoms. The highest BCUT2D eigenvalue weighted by Crippen LogP contribution is 2.42. The van der Waals surface area contributed by atoms with Crippen molar-refractivity contribution in [1.82, 2.24) is 0 Å². The second-order valence-corrected chi connectivity index (χ2v) is 8.63. The Balaban J connectivity index is 1.89. The van der Waals surface area contributed by atoms with Crippen LogP contribution in [0.3, 0.4) is 0 Å². The van der Waals surface area contributed by atoms with Crippen molar-refractivity contribution < 1.29 is 9.84 Å². The summed E-state index contributed by atoms with van der Waals surface area (Å²) in [6, 6.07) is 12.1. The van der Waals surface area contributed by atoms with E-state index in [9.17, 15) is 5.11 Å². The molecule has 0 bridgehead atoms. The van der Waals surface area contributed by atoms with Crippen LogP contribution >= 0.6 is 11.6 Å². The van der Waals surface area contributed by atoms with E-state index in [0.29, 0.717) is 12.5 Å². The number of nitrogens with two attached hydrogens (primary N) is 1. The summed E-state index contributed by atoms with van der Waals surface area (Å²) in [5, 5.41) is 10.8. The maximum Gasteiger partial charge on any atom is 0.130 e. The molecule has 3 rings (SSSR count). The van der Waals surface area contributed by atoms with Crippen LogP contribution < -0.4 is 10.5 Å². The summed E-state index contributed by atoms with van der Waals surface area (Å²) >= 11 is 6.35. The maximum absolute atomic E-state index is 10.0. The molecule has 2 aromatic rings. The molecule has 146 valence electrons. The Labute approximate surface area is 167 Å². The first kappa shape index (κ1) is 20.2. The number of aliphatic hydroxyl groups is 1. The van der Waals surface area contributed by atoms with Gasteiger partial charge in [-0.2, -0.15) is 0 Å². The molecule has 0 heterocycles. The van der Waals surface area contributed by atoms with E-state index in [2.05, 4.69) is 19.9 Å². The van der Waals surface area contributed by atoms with Crippen LogP contribution in [0.1, 0.15) is 43.4 Å². The Bertz CT molecular complexity index is 790. The van der Waals surface area contributed by atoms with Crippen LogP contribution in [0.4, 0.5) is 0 Å². The lowest BCUT2D eigenvalue weighted by molar-refractivity contribution is 0.100. The first-order valence-corrected chi connectivity index (χ1v) is 10.2. The molecule has 1 aliphatic carbocycles. The average Bonchev–Trinajstić information content (AvgIpc) is 2.65. The zero-order chi connectivity index (χ0) is 19.4. The molecule has 2 aromatic carbocycles. The van der Waals surface area contributed by atoms with Gasteiger partial charge in [-0.1, -0.05) is 37.6 Å². The number of benzene rings is 2. The molecular formula is C23H30ClNO2. The highest BCUT2D eigenvalue weighted by atomic mass is 35.5. The van der Waals surface area contributed by atoms with Crippen LogP contribution in [-0.2, 0) is 19.3 Å². The van der Waals surface area contributed by atoms with Crippen molar-refractivity contribution in [3.05, 3.63) is 58.1 Å². The zero-order valence-corrected chi connectivity index (χ0v) is 17.1. The van der Waals surface area contributed by atoms with Gasteiger partial charge in [0.05, 0.1) is 0 Å². The first-order valence-electron chi connectivity index (χ1n) is 9.84. The second-order valence-electron chi connectivity index (χ2n) is 8.22. The largest absolute Gasteiger partial charge is 0.457 e. The van der Waals surface area contributed by atoms with Crippen LogP contribution in [0.15, 0.2) is 36.4 Å².